The number of nitrogens with one attached hydrogen (secondary N) is 1. The normalized spacial score (nSPS) is 11.6. The van der Waals surface area contributed by atoms with Crippen LogP contribution in [0.5, 0.6) is 11.6 Å². The Bertz CT molecular complexity index is 678. The molecule has 0 fully saturated rings. The molecule has 3 N–H and O–H groups in total. The number of aromatic nitrogens is 2. The van der Waals surface area contributed by atoms with E-state index in [-0.39, 0.29) is 12.2 Å². The predicted molar refractivity (Wildman–Crippen MR) is 62.4 cm³/mol. The van der Waals surface area contributed by atoms with Crippen molar-refractivity contribution in [2.24, 2.45) is 0 Å². The SMILES string of the molecule is O=c1[nH]c(Cc2ccc(C(F)(F)F)cc2)nc(O)c1O. The van der Waals surface area contributed by atoms with Crippen LogP contribution in [-0.2, 0) is 12.6 Å². The number of halogens is 3. The van der Waals surface area contributed by atoms with Gasteiger partial charge >= 0.3 is 6.18 Å². The Balaban J connectivity index is 2.25. The van der Waals surface area contributed by atoms with E-state index in [2.05, 4.69) is 9.97 Å². The number of alkyl halides is 3. The molecule has 1 aromatic heterocycles. The van der Waals surface area contributed by atoms with Crippen molar-refractivity contribution in [3.8, 4) is 11.6 Å². The number of hydrogen-bond donors (Lipinski definition) is 3. The van der Waals surface area contributed by atoms with E-state index < -0.39 is 28.9 Å². The first-order valence-corrected chi connectivity index (χ1v) is 5.44. The van der Waals surface area contributed by atoms with Crippen LogP contribution >= 0.6 is 0 Å². The zero-order valence-electron chi connectivity index (χ0n) is 9.90. The van der Waals surface area contributed by atoms with E-state index in [1.54, 1.807) is 0 Å². The summed E-state index contributed by atoms with van der Waals surface area (Å²) >= 11 is 0. The highest BCUT2D eigenvalue weighted by Crippen LogP contribution is 2.29. The van der Waals surface area contributed by atoms with Gasteiger partial charge in [0.1, 0.15) is 5.82 Å². The lowest BCUT2D eigenvalue weighted by Gasteiger charge is -2.07. The predicted octanol–water partition coefficient (Wildman–Crippen LogP) is 1.79. The number of nitrogens with zero attached hydrogens (tertiary/aromatic N) is 1. The topological polar surface area (TPSA) is 86.2 Å². The molecule has 0 aliphatic rings. The molecule has 0 saturated carbocycles. The van der Waals surface area contributed by atoms with Crippen LogP contribution in [0.2, 0.25) is 0 Å². The molecular formula is C12H9F3N2O3. The highest BCUT2D eigenvalue weighted by atomic mass is 19.4. The molecular weight excluding hydrogens is 277 g/mol. The van der Waals surface area contributed by atoms with Gasteiger partial charge in [0.05, 0.1) is 5.56 Å². The van der Waals surface area contributed by atoms with E-state index in [1.807, 2.05) is 0 Å². The number of benzene rings is 1. The van der Waals surface area contributed by atoms with Crippen molar-refractivity contribution >= 4 is 0 Å². The summed E-state index contributed by atoms with van der Waals surface area (Å²) < 4.78 is 37.1. The number of aromatic hydroxyl groups is 2. The minimum atomic E-state index is -4.41. The summed E-state index contributed by atoms with van der Waals surface area (Å²) in [5, 5.41) is 18.2. The molecule has 0 spiro atoms. The summed E-state index contributed by atoms with van der Waals surface area (Å²) in [6.45, 7) is 0. The van der Waals surface area contributed by atoms with Crippen molar-refractivity contribution in [1.29, 1.82) is 0 Å². The maximum Gasteiger partial charge on any atom is 0.416 e. The second-order valence-corrected chi connectivity index (χ2v) is 4.06. The van der Waals surface area contributed by atoms with Crippen molar-refractivity contribution in [2.75, 3.05) is 0 Å². The Morgan fingerprint density at radius 3 is 2.25 bits per heavy atom. The lowest BCUT2D eigenvalue weighted by Crippen LogP contribution is -2.11. The van der Waals surface area contributed by atoms with Crippen molar-refractivity contribution < 1.29 is 23.4 Å². The van der Waals surface area contributed by atoms with Crippen LogP contribution in [0.1, 0.15) is 17.0 Å². The molecule has 0 aliphatic carbocycles. The highest BCUT2D eigenvalue weighted by Gasteiger charge is 2.29. The fourth-order valence-electron chi connectivity index (χ4n) is 1.59. The smallest absolute Gasteiger partial charge is 0.416 e. The summed E-state index contributed by atoms with van der Waals surface area (Å²) in [5.74, 6) is -1.69. The van der Waals surface area contributed by atoms with Crippen LogP contribution in [0, 0.1) is 0 Å². The van der Waals surface area contributed by atoms with Crippen LogP contribution in [0.3, 0.4) is 0 Å². The first kappa shape index (κ1) is 13.9. The minimum absolute atomic E-state index is 0.0151. The summed E-state index contributed by atoms with van der Waals surface area (Å²) in [4.78, 5) is 16.9. The van der Waals surface area contributed by atoms with Gasteiger partial charge in [-0.25, -0.2) is 0 Å². The molecule has 1 aromatic carbocycles. The highest BCUT2D eigenvalue weighted by molar-refractivity contribution is 5.30. The van der Waals surface area contributed by atoms with Gasteiger partial charge in [-0.3, -0.25) is 4.79 Å². The van der Waals surface area contributed by atoms with Gasteiger partial charge in [-0.2, -0.15) is 18.2 Å². The van der Waals surface area contributed by atoms with E-state index >= 15 is 0 Å². The van der Waals surface area contributed by atoms with E-state index in [0.29, 0.717) is 5.56 Å². The average molecular weight is 286 g/mol. The van der Waals surface area contributed by atoms with Gasteiger partial charge in [0.2, 0.25) is 5.75 Å². The van der Waals surface area contributed by atoms with Gasteiger partial charge in [0, 0.05) is 6.42 Å². The monoisotopic (exact) mass is 286 g/mol. The second-order valence-electron chi connectivity index (χ2n) is 4.06. The lowest BCUT2D eigenvalue weighted by molar-refractivity contribution is -0.137. The molecule has 1 heterocycles. The van der Waals surface area contributed by atoms with Gasteiger partial charge in [-0.05, 0) is 17.7 Å². The third kappa shape index (κ3) is 2.90. The van der Waals surface area contributed by atoms with Gasteiger partial charge in [-0.15, -0.1) is 0 Å². The fourth-order valence-corrected chi connectivity index (χ4v) is 1.59. The van der Waals surface area contributed by atoms with Gasteiger partial charge in [-0.1, -0.05) is 12.1 Å². The number of rotatable bonds is 2. The zero-order chi connectivity index (χ0) is 14.9. The molecule has 2 aromatic rings. The molecule has 0 unspecified atom stereocenters. The molecule has 0 aliphatic heterocycles. The van der Waals surface area contributed by atoms with Crippen LogP contribution < -0.4 is 5.56 Å². The van der Waals surface area contributed by atoms with Crippen molar-refractivity contribution in [3.63, 3.8) is 0 Å². The largest absolute Gasteiger partial charge is 0.499 e. The zero-order valence-corrected chi connectivity index (χ0v) is 9.90. The van der Waals surface area contributed by atoms with Crippen molar-refractivity contribution in [2.45, 2.75) is 12.6 Å². The molecule has 8 heteroatoms. The van der Waals surface area contributed by atoms with Crippen LogP contribution in [0.15, 0.2) is 29.1 Å². The molecule has 20 heavy (non-hydrogen) atoms. The maximum absolute atomic E-state index is 12.4. The summed E-state index contributed by atoms with van der Waals surface area (Å²) in [5.41, 5.74) is -1.23. The standard InChI is InChI=1S/C12H9F3N2O3/c13-12(14,15)7-3-1-6(2-4-7)5-8-16-10(19)9(18)11(20)17-8/h1-4,18H,5H2,(H2,16,17,19,20). The Kier molecular flexibility index (Phi) is 3.39. The van der Waals surface area contributed by atoms with E-state index in [1.165, 1.54) is 12.1 Å². The Labute approximate surface area is 110 Å². The fraction of sp³-hybridized carbons (Fsp3) is 0.167. The molecule has 0 amide bonds. The van der Waals surface area contributed by atoms with Crippen LogP contribution in [0.4, 0.5) is 13.2 Å². The lowest BCUT2D eigenvalue weighted by atomic mass is 10.1. The minimum Gasteiger partial charge on any atom is -0.499 e. The molecule has 0 radical (unpaired) electrons. The quantitative estimate of drug-likeness (QED) is 0.785. The first-order valence-electron chi connectivity index (χ1n) is 5.44. The molecule has 0 atom stereocenters. The second kappa shape index (κ2) is 4.87. The molecule has 106 valence electrons. The average Bonchev–Trinajstić information content (AvgIpc) is 2.35. The molecule has 0 saturated heterocycles. The molecule has 0 bridgehead atoms. The third-order valence-corrected chi connectivity index (χ3v) is 2.58. The van der Waals surface area contributed by atoms with Gasteiger partial charge in [0.25, 0.3) is 11.4 Å². The van der Waals surface area contributed by atoms with E-state index in [0.717, 1.165) is 12.1 Å². The maximum atomic E-state index is 12.4. The summed E-state index contributed by atoms with van der Waals surface area (Å²) in [6, 6.07) is 4.31. The number of aromatic amines is 1. The Morgan fingerprint density at radius 2 is 1.75 bits per heavy atom. The summed E-state index contributed by atoms with van der Waals surface area (Å²) in [7, 11) is 0. The van der Waals surface area contributed by atoms with Crippen molar-refractivity contribution in [3.05, 3.63) is 51.6 Å². The number of hydrogen-bond acceptors (Lipinski definition) is 4. The van der Waals surface area contributed by atoms with Gasteiger partial charge in [0.15, 0.2) is 0 Å². The van der Waals surface area contributed by atoms with E-state index in [4.69, 9.17) is 5.11 Å². The summed E-state index contributed by atoms with van der Waals surface area (Å²) in [6.07, 6.45) is -4.40. The molecule has 2 rings (SSSR count). The van der Waals surface area contributed by atoms with Crippen LogP contribution in [-0.4, -0.2) is 20.2 Å². The van der Waals surface area contributed by atoms with Gasteiger partial charge < -0.3 is 15.2 Å². The van der Waals surface area contributed by atoms with E-state index in [9.17, 15) is 23.1 Å². The Hall–Kier alpha value is -2.51. The third-order valence-electron chi connectivity index (χ3n) is 2.58. The molecule has 5 nitrogen and oxygen atoms in total. The number of H-pyrrole nitrogens is 1. The first-order chi connectivity index (χ1) is 9.27. The Morgan fingerprint density at radius 1 is 1.15 bits per heavy atom. The van der Waals surface area contributed by atoms with Crippen LogP contribution in [0.25, 0.3) is 0 Å². The van der Waals surface area contributed by atoms with Crippen molar-refractivity contribution in [1.82, 2.24) is 9.97 Å².